The van der Waals surface area contributed by atoms with Crippen LogP contribution in [0.5, 0.6) is 0 Å². The molecule has 0 atom stereocenters. The van der Waals surface area contributed by atoms with Crippen LogP contribution in [0.2, 0.25) is 5.02 Å². The van der Waals surface area contributed by atoms with E-state index in [-0.39, 0.29) is 0 Å². The van der Waals surface area contributed by atoms with E-state index >= 15 is 0 Å². The molecule has 5 heteroatoms. The summed E-state index contributed by atoms with van der Waals surface area (Å²) in [4.78, 5) is 4.06. The third-order valence-electron chi connectivity index (χ3n) is 1.29. The summed E-state index contributed by atoms with van der Waals surface area (Å²) in [5.41, 5.74) is 6.92. The van der Waals surface area contributed by atoms with Gasteiger partial charge in [-0.25, -0.2) is 4.98 Å². The summed E-state index contributed by atoms with van der Waals surface area (Å²) < 4.78 is 1.28. The predicted molar refractivity (Wildman–Crippen MR) is 53.8 cm³/mol. The van der Waals surface area contributed by atoms with Gasteiger partial charge in [-0.15, -0.1) is 0 Å². The average Bonchev–Trinajstić information content (AvgIpc) is 1.97. The van der Waals surface area contributed by atoms with Crippen molar-refractivity contribution < 1.29 is 0 Å². The third-order valence-corrected chi connectivity index (χ3v) is 3.16. The number of rotatable bonds is 0. The fourth-order valence-corrected chi connectivity index (χ4v) is 2.01. The number of nitrogens with two attached hydrogens (primary N) is 1. The maximum absolute atomic E-state index is 5.86. The van der Waals surface area contributed by atoms with E-state index in [0.29, 0.717) is 19.9 Å². The number of hydrogen-bond acceptors (Lipinski definition) is 2. The van der Waals surface area contributed by atoms with Crippen molar-refractivity contribution in [3.05, 3.63) is 19.8 Å². The van der Waals surface area contributed by atoms with Crippen molar-refractivity contribution in [3.8, 4) is 0 Å². The van der Waals surface area contributed by atoms with E-state index in [0.717, 1.165) is 5.56 Å². The summed E-state index contributed by atoms with van der Waals surface area (Å²) >= 11 is 12.3. The van der Waals surface area contributed by atoms with Crippen LogP contribution >= 0.6 is 43.5 Å². The summed E-state index contributed by atoms with van der Waals surface area (Å²) in [7, 11) is 0. The minimum Gasteiger partial charge on any atom is -0.395 e. The zero-order valence-electron chi connectivity index (χ0n) is 5.66. The minimum absolute atomic E-state index is 0.479. The first-order chi connectivity index (χ1) is 5.04. The Labute approximate surface area is 86.4 Å². The summed E-state index contributed by atoms with van der Waals surface area (Å²) in [6.07, 6.45) is 0. The highest BCUT2D eigenvalue weighted by Crippen LogP contribution is 2.32. The lowest BCUT2D eigenvalue weighted by atomic mass is 10.3. The molecule has 1 aromatic heterocycles. The second-order valence-electron chi connectivity index (χ2n) is 2.05. The van der Waals surface area contributed by atoms with Gasteiger partial charge in [0, 0.05) is 5.56 Å². The molecule has 0 aliphatic rings. The second kappa shape index (κ2) is 3.29. The molecule has 0 aliphatic heterocycles. The molecule has 0 radical (unpaired) electrons. The topological polar surface area (TPSA) is 38.9 Å². The van der Waals surface area contributed by atoms with E-state index in [1.165, 1.54) is 0 Å². The molecule has 1 heterocycles. The van der Waals surface area contributed by atoms with Gasteiger partial charge >= 0.3 is 0 Å². The van der Waals surface area contributed by atoms with Gasteiger partial charge in [0.05, 0.1) is 10.7 Å². The van der Waals surface area contributed by atoms with E-state index in [2.05, 4.69) is 36.8 Å². The van der Waals surface area contributed by atoms with Crippen LogP contribution in [0.3, 0.4) is 0 Å². The Bertz CT molecular complexity index is 275. The standard InChI is InChI=1S/C6H5Br2ClN2/c1-2-3(9)4(10)6(8)11-5(2)7/h10H2,1H3. The number of aromatic nitrogens is 1. The Hall–Kier alpha value is 0.200. The molecule has 11 heavy (non-hydrogen) atoms. The van der Waals surface area contributed by atoms with Crippen LogP contribution in [-0.4, -0.2) is 4.98 Å². The maximum atomic E-state index is 5.86. The molecule has 1 rings (SSSR count). The van der Waals surface area contributed by atoms with Crippen molar-refractivity contribution in [2.24, 2.45) is 0 Å². The van der Waals surface area contributed by atoms with Gasteiger partial charge in [-0.05, 0) is 38.8 Å². The SMILES string of the molecule is Cc1c(Br)nc(Br)c(N)c1Cl. The Morgan fingerprint density at radius 3 is 2.45 bits per heavy atom. The number of halogens is 3. The molecule has 0 unspecified atom stereocenters. The molecular weight excluding hydrogens is 295 g/mol. The first-order valence-electron chi connectivity index (χ1n) is 2.80. The van der Waals surface area contributed by atoms with Crippen LogP contribution in [0, 0.1) is 6.92 Å². The third kappa shape index (κ3) is 1.68. The molecule has 0 aliphatic carbocycles. The molecule has 0 fully saturated rings. The van der Waals surface area contributed by atoms with Crippen molar-refractivity contribution in [2.45, 2.75) is 6.92 Å². The van der Waals surface area contributed by atoms with Crippen molar-refractivity contribution in [1.29, 1.82) is 0 Å². The molecular formula is C6H5Br2ClN2. The van der Waals surface area contributed by atoms with Gasteiger partial charge in [0.1, 0.15) is 9.21 Å². The lowest BCUT2D eigenvalue weighted by Gasteiger charge is -2.05. The van der Waals surface area contributed by atoms with E-state index in [1.54, 1.807) is 0 Å². The van der Waals surface area contributed by atoms with Crippen molar-refractivity contribution in [3.63, 3.8) is 0 Å². The molecule has 0 spiro atoms. The monoisotopic (exact) mass is 298 g/mol. The molecule has 0 amide bonds. The number of anilines is 1. The quantitative estimate of drug-likeness (QED) is 0.748. The van der Waals surface area contributed by atoms with Crippen LogP contribution < -0.4 is 5.73 Å². The first kappa shape index (κ1) is 9.29. The smallest absolute Gasteiger partial charge is 0.131 e. The van der Waals surface area contributed by atoms with E-state index in [9.17, 15) is 0 Å². The summed E-state index contributed by atoms with van der Waals surface area (Å²) in [5, 5.41) is 0.541. The van der Waals surface area contributed by atoms with E-state index < -0.39 is 0 Å². The minimum atomic E-state index is 0.479. The zero-order valence-corrected chi connectivity index (χ0v) is 9.59. The highest BCUT2D eigenvalue weighted by molar-refractivity contribution is 9.11. The Kier molecular flexibility index (Phi) is 2.78. The van der Waals surface area contributed by atoms with Crippen LogP contribution in [0.25, 0.3) is 0 Å². The number of hydrogen-bond donors (Lipinski definition) is 1. The molecule has 1 aromatic rings. The zero-order chi connectivity index (χ0) is 8.59. The van der Waals surface area contributed by atoms with Gasteiger partial charge in [-0.3, -0.25) is 0 Å². The highest BCUT2D eigenvalue weighted by atomic mass is 79.9. The summed E-state index contributed by atoms with van der Waals surface area (Å²) in [6.45, 7) is 1.85. The van der Waals surface area contributed by atoms with Crippen LogP contribution in [-0.2, 0) is 0 Å². The van der Waals surface area contributed by atoms with Crippen molar-refractivity contribution in [1.82, 2.24) is 4.98 Å². The summed E-state index contributed by atoms with van der Waals surface area (Å²) in [5.74, 6) is 0. The highest BCUT2D eigenvalue weighted by Gasteiger charge is 2.09. The largest absolute Gasteiger partial charge is 0.395 e. The normalized spacial score (nSPS) is 10.2. The van der Waals surface area contributed by atoms with Crippen LogP contribution in [0.4, 0.5) is 5.69 Å². The molecule has 0 saturated carbocycles. The molecule has 0 aromatic carbocycles. The molecule has 60 valence electrons. The lowest BCUT2D eigenvalue weighted by Crippen LogP contribution is -1.94. The van der Waals surface area contributed by atoms with E-state index in [1.807, 2.05) is 6.92 Å². The van der Waals surface area contributed by atoms with Gasteiger partial charge < -0.3 is 5.73 Å². The van der Waals surface area contributed by atoms with Gasteiger partial charge in [0.25, 0.3) is 0 Å². The first-order valence-corrected chi connectivity index (χ1v) is 4.77. The van der Waals surface area contributed by atoms with Crippen molar-refractivity contribution >= 4 is 49.1 Å². The Balaban J connectivity index is 3.46. The van der Waals surface area contributed by atoms with Gasteiger partial charge in [-0.2, -0.15) is 0 Å². The van der Waals surface area contributed by atoms with Gasteiger partial charge in [0.2, 0.25) is 0 Å². The fourth-order valence-electron chi connectivity index (χ4n) is 0.613. The summed E-state index contributed by atoms with van der Waals surface area (Å²) in [6, 6.07) is 0. The van der Waals surface area contributed by atoms with Crippen molar-refractivity contribution in [2.75, 3.05) is 5.73 Å². The fraction of sp³-hybridized carbons (Fsp3) is 0.167. The number of nitrogens with zero attached hydrogens (tertiary/aromatic N) is 1. The molecule has 2 nitrogen and oxygen atoms in total. The van der Waals surface area contributed by atoms with Gasteiger partial charge in [0.15, 0.2) is 0 Å². The molecule has 2 N–H and O–H groups in total. The molecule has 0 saturated heterocycles. The maximum Gasteiger partial charge on any atom is 0.131 e. The lowest BCUT2D eigenvalue weighted by molar-refractivity contribution is 1.19. The van der Waals surface area contributed by atoms with Gasteiger partial charge in [-0.1, -0.05) is 11.6 Å². The average molecular weight is 300 g/mol. The van der Waals surface area contributed by atoms with Crippen LogP contribution in [0.1, 0.15) is 5.56 Å². The number of pyridine rings is 1. The predicted octanol–water partition coefficient (Wildman–Crippen LogP) is 3.15. The Morgan fingerprint density at radius 1 is 1.36 bits per heavy atom. The second-order valence-corrected chi connectivity index (χ2v) is 3.93. The Morgan fingerprint density at radius 2 is 1.91 bits per heavy atom. The number of nitrogen functional groups attached to an aromatic ring is 1. The molecule has 0 bridgehead atoms. The van der Waals surface area contributed by atoms with E-state index in [4.69, 9.17) is 17.3 Å². The van der Waals surface area contributed by atoms with Crippen LogP contribution in [0.15, 0.2) is 9.21 Å².